The number of nitrogens with two attached hydrogens (primary N) is 1. The molecule has 0 rings (SSSR count). The van der Waals surface area contributed by atoms with Crippen molar-refractivity contribution in [3.8, 4) is 0 Å². The maximum absolute atomic E-state index is 11.5. The molecule has 0 aliphatic rings. The highest BCUT2D eigenvalue weighted by Gasteiger charge is 2.18. The maximum atomic E-state index is 11.5. The van der Waals surface area contributed by atoms with Gasteiger partial charge in [-0.15, -0.1) is 0 Å². The Hall–Kier alpha value is -0.0700. The monoisotopic (exact) mass is 266 g/mol. The number of nitrogens with zero attached hydrogens (tertiary/aromatic N) is 1. The van der Waals surface area contributed by atoms with E-state index in [0.717, 1.165) is 11.5 Å². The van der Waals surface area contributed by atoms with Crippen molar-refractivity contribution in [1.29, 1.82) is 0 Å². The average molecular weight is 266 g/mol. The third-order valence-corrected chi connectivity index (χ3v) is 3.92. The van der Waals surface area contributed by atoms with E-state index in [2.05, 4.69) is 0 Å². The van der Waals surface area contributed by atoms with Crippen molar-refractivity contribution in [2.45, 2.75) is 26.4 Å². The van der Waals surface area contributed by atoms with Gasteiger partial charge in [0.2, 0.25) is 0 Å². The van der Waals surface area contributed by atoms with E-state index >= 15 is 0 Å². The third-order valence-electron chi connectivity index (χ3n) is 1.50. The summed E-state index contributed by atoms with van der Waals surface area (Å²) in [6.45, 7) is 6.98. The predicted molar refractivity (Wildman–Crippen MR) is 72.8 cm³/mol. The molecule has 0 fully saturated rings. The molecule has 0 radical (unpaired) electrons. The van der Waals surface area contributed by atoms with E-state index in [9.17, 15) is 4.79 Å². The van der Waals surface area contributed by atoms with Crippen LogP contribution in [0.3, 0.4) is 0 Å². The highest BCUT2D eigenvalue weighted by molar-refractivity contribution is 8.76. The second kappa shape index (κ2) is 8.08. The van der Waals surface area contributed by atoms with Crippen LogP contribution in [-0.4, -0.2) is 48.2 Å². The molecule has 0 aromatic carbocycles. The lowest BCUT2D eigenvalue weighted by Crippen LogP contribution is -2.35. The van der Waals surface area contributed by atoms with Crippen molar-refractivity contribution >= 4 is 27.7 Å². The van der Waals surface area contributed by atoms with Gasteiger partial charge >= 0.3 is 6.09 Å². The Morgan fingerprint density at radius 1 is 1.31 bits per heavy atom. The second-order valence-electron chi connectivity index (χ2n) is 4.33. The van der Waals surface area contributed by atoms with Crippen molar-refractivity contribution in [3.05, 3.63) is 0 Å². The molecule has 0 heterocycles. The first-order chi connectivity index (χ1) is 7.37. The lowest BCUT2D eigenvalue weighted by atomic mass is 10.2. The molecule has 0 aliphatic heterocycles. The molecule has 0 atom stereocenters. The largest absolute Gasteiger partial charge is 0.444 e. The quantitative estimate of drug-likeness (QED) is 0.590. The van der Waals surface area contributed by atoms with Gasteiger partial charge in [0, 0.05) is 31.6 Å². The van der Waals surface area contributed by atoms with Gasteiger partial charge < -0.3 is 15.4 Å². The van der Waals surface area contributed by atoms with Crippen LogP contribution in [0.1, 0.15) is 20.8 Å². The van der Waals surface area contributed by atoms with E-state index < -0.39 is 5.60 Å². The Balaban J connectivity index is 3.64. The molecule has 0 saturated heterocycles. The van der Waals surface area contributed by atoms with Gasteiger partial charge in [0.15, 0.2) is 0 Å². The molecule has 0 spiro atoms. The summed E-state index contributed by atoms with van der Waals surface area (Å²) in [5.41, 5.74) is 4.95. The molecular formula is C10H22N2O2S2. The molecule has 2 N–H and O–H groups in total. The summed E-state index contributed by atoms with van der Waals surface area (Å²) in [6.07, 6.45) is -0.267. The van der Waals surface area contributed by atoms with Crippen LogP contribution in [0.5, 0.6) is 0 Å². The van der Waals surface area contributed by atoms with Crippen LogP contribution in [0.2, 0.25) is 0 Å². The van der Waals surface area contributed by atoms with Gasteiger partial charge in [0.25, 0.3) is 0 Å². The summed E-state index contributed by atoms with van der Waals surface area (Å²) in [6, 6.07) is 0. The predicted octanol–water partition coefficient (Wildman–Crippen LogP) is 2.19. The minimum absolute atomic E-state index is 0.267. The van der Waals surface area contributed by atoms with Gasteiger partial charge in [0.1, 0.15) is 5.60 Å². The van der Waals surface area contributed by atoms with Crippen LogP contribution in [0.4, 0.5) is 4.79 Å². The standard InChI is InChI=1S/C10H22N2O2S2/c1-10(2,3)14-9(13)12(4)6-8-16-15-7-5-11/h5-8,11H2,1-4H3. The van der Waals surface area contributed by atoms with Crippen LogP contribution >= 0.6 is 21.6 Å². The Morgan fingerprint density at radius 2 is 1.88 bits per heavy atom. The molecule has 6 heteroatoms. The first-order valence-corrected chi connectivity index (χ1v) is 7.74. The smallest absolute Gasteiger partial charge is 0.410 e. The summed E-state index contributed by atoms with van der Waals surface area (Å²) in [5.74, 6) is 1.83. The number of amides is 1. The Bertz CT molecular complexity index is 207. The lowest BCUT2D eigenvalue weighted by molar-refractivity contribution is 0.0309. The maximum Gasteiger partial charge on any atom is 0.410 e. The van der Waals surface area contributed by atoms with Gasteiger partial charge in [0.05, 0.1) is 0 Å². The highest BCUT2D eigenvalue weighted by Crippen LogP contribution is 2.20. The van der Waals surface area contributed by atoms with Crippen LogP contribution in [-0.2, 0) is 4.74 Å². The zero-order valence-corrected chi connectivity index (χ0v) is 12.1. The summed E-state index contributed by atoms with van der Waals surface area (Å²) in [7, 11) is 5.21. The molecule has 0 unspecified atom stereocenters. The second-order valence-corrected chi connectivity index (χ2v) is 7.04. The Labute approximate surface area is 106 Å². The minimum atomic E-state index is -0.424. The summed E-state index contributed by atoms with van der Waals surface area (Å²) in [4.78, 5) is 13.1. The first kappa shape index (κ1) is 15.9. The summed E-state index contributed by atoms with van der Waals surface area (Å²) >= 11 is 0. The van der Waals surface area contributed by atoms with E-state index in [1.54, 1.807) is 33.5 Å². The minimum Gasteiger partial charge on any atom is -0.444 e. The van der Waals surface area contributed by atoms with Crippen molar-refractivity contribution in [1.82, 2.24) is 4.90 Å². The van der Waals surface area contributed by atoms with Gasteiger partial charge in [-0.25, -0.2) is 4.79 Å². The van der Waals surface area contributed by atoms with E-state index in [1.807, 2.05) is 20.8 Å². The van der Waals surface area contributed by atoms with Gasteiger partial charge in [-0.1, -0.05) is 21.6 Å². The lowest BCUT2D eigenvalue weighted by Gasteiger charge is -2.24. The molecular weight excluding hydrogens is 244 g/mol. The molecule has 0 aliphatic carbocycles. The normalized spacial score (nSPS) is 11.3. The number of carbonyl (C=O) groups is 1. The topological polar surface area (TPSA) is 55.6 Å². The van der Waals surface area contributed by atoms with Gasteiger partial charge in [-0.05, 0) is 20.8 Å². The zero-order chi connectivity index (χ0) is 12.6. The molecule has 1 amide bonds. The van der Waals surface area contributed by atoms with E-state index in [-0.39, 0.29) is 6.09 Å². The number of carbonyl (C=O) groups excluding carboxylic acids is 1. The van der Waals surface area contributed by atoms with Crippen LogP contribution in [0, 0.1) is 0 Å². The van der Waals surface area contributed by atoms with Gasteiger partial charge in [-0.2, -0.15) is 0 Å². The molecule has 0 aromatic rings. The average Bonchev–Trinajstić information content (AvgIpc) is 2.14. The molecule has 0 aromatic heterocycles. The number of hydrogen-bond donors (Lipinski definition) is 1. The fraction of sp³-hybridized carbons (Fsp3) is 0.900. The van der Waals surface area contributed by atoms with E-state index in [4.69, 9.17) is 10.5 Å². The fourth-order valence-corrected chi connectivity index (χ4v) is 2.67. The number of rotatable bonds is 6. The van der Waals surface area contributed by atoms with Crippen molar-refractivity contribution in [2.75, 3.05) is 31.6 Å². The van der Waals surface area contributed by atoms with Gasteiger partial charge in [-0.3, -0.25) is 0 Å². The zero-order valence-electron chi connectivity index (χ0n) is 10.5. The number of ether oxygens (including phenoxy) is 1. The van der Waals surface area contributed by atoms with Crippen LogP contribution in [0.25, 0.3) is 0 Å². The van der Waals surface area contributed by atoms with Crippen LogP contribution in [0.15, 0.2) is 0 Å². The third kappa shape index (κ3) is 9.18. The fourth-order valence-electron chi connectivity index (χ4n) is 0.771. The van der Waals surface area contributed by atoms with Crippen molar-refractivity contribution in [2.24, 2.45) is 5.73 Å². The Kier molecular flexibility index (Phi) is 8.05. The highest BCUT2D eigenvalue weighted by atomic mass is 33.1. The van der Waals surface area contributed by atoms with E-state index in [1.165, 1.54) is 0 Å². The SMILES string of the molecule is CN(CCSSCCN)C(=O)OC(C)(C)C. The molecule has 4 nitrogen and oxygen atoms in total. The van der Waals surface area contributed by atoms with Crippen LogP contribution < -0.4 is 5.73 Å². The number of hydrogen-bond acceptors (Lipinski definition) is 5. The first-order valence-electron chi connectivity index (χ1n) is 5.25. The summed E-state index contributed by atoms with van der Waals surface area (Å²) in [5, 5.41) is 0. The van der Waals surface area contributed by atoms with Crippen molar-refractivity contribution in [3.63, 3.8) is 0 Å². The molecule has 96 valence electrons. The Morgan fingerprint density at radius 3 is 2.38 bits per heavy atom. The van der Waals surface area contributed by atoms with E-state index in [0.29, 0.717) is 13.1 Å². The molecule has 16 heavy (non-hydrogen) atoms. The van der Waals surface area contributed by atoms with Crippen molar-refractivity contribution < 1.29 is 9.53 Å². The summed E-state index contributed by atoms with van der Waals surface area (Å²) < 4.78 is 5.23. The molecule has 0 bridgehead atoms. The molecule has 0 saturated carbocycles.